The standard InChI is InChI=1S/C17H24N2O2/c1-6-17(5)16(21)19(12(4)15(20)18-17)14-10-8-7-9-13(14)11(2)3/h7-12H,6H2,1-5H3,(H,18,20). The molecule has 1 aliphatic heterocycles. The quantitative estimate of drug-likeness (QED) is 0.929. The molecule has 0 aliphatic carbocycles. The lowest BCUT2D eigenvalue weighted by Crippen LogP contribution is -2.68. The van der Waals surface area contributed by atoms with Crippen molar-refractivity contribution < 1.29 is 9.59 Å². The lowest BCUT2D eigenvalue weighted by atomic mass is 9.90. The van der Waals surface area contributed by atoms with E-state index in [0.29, 0.717) is 12.3 Å². The number of amides is 2. The minimum Gasteiger partial charge on any atom is -0.340 e. The summed E-state index contributed by atoms with van der Waals surface area (Å²) in [5.74, 6) is 0.154. The number of nitrogens with one attached hydrogen (secondary N) is 1. The molecule has 114 valence electrons. The smallest absolute Gasteiger partial charge is 0.253 e. The number of nitrogens with zero attached hydrogens (tertiary/aromatic N) is 1. The van der Waals surface area contributed by atoms with Crippen molar-refractivity contribution in [2.45, 2.75) is 58.5 Å². The van der Waals surface area contributed by atoms with Gasteiger partial charge in [-0.3, -0.25) is 14.5 Å². The summed E-state index contributed by atoms with van der Waals surface area (Å²) in [6, 6.07) is 7.35. The third-order valence-electron chi connectivity index (χ3n) is 4.38. The lowest BCUT2D eigenvalue weighted by molar-refractivity contribution is -0.137. The van der Waals surface area contributed by atoms with Crippen LogP contribution >= 0.6 is 0 Å². The van der Waals surface area contributed by atoms with Crippen LogP contribution < -0.4 is 10.2 Å². The molecule has 1 aromatic carbocycles. The summed E-state index contributed by atoms with van der Waals surface area (Å²) in [5, 5.41) is 2.86. The van der Waals surface area contributed by atoms with Crippen LogP contribution in [-0.2, 0) is 9.59 Å². The minimum absolute atomic E-state index is 0.0369. The molecular formula is C17H24N2O2. The average molecular weight is 288 g/mol. The third kappa shape index (κ3) is 2.55. The van der Waals surface area contributed by atoms with Gasteiger partial charge < -0.3 is 5.32 Å². The molecule has 0 bridgehead atoms. The number of benzene rings is 1. The van der Waals surface area contributed by atoms with E-state index in [-0.39, 0.29) is 11.8 Å². The van der Waals surface area contributed by atoms with Crippen LogP contribution in [0.5, 0.6) is 0 Å². The van der Waals surface area contributed by atoms with Crippen molar-refractivity contribution in [3.8, 4) is 0 Å². The van der Waals surface area contributed by atoms with Gasteiger partial charge in [-0.2, -0.15) is 0 Å². The normalized spacial score (nSPS) is 26.2. The molecular weight excluding hydrogens is 264 g/mol. The largest absolute Gasteiger partial charge is 0.340 e. The lowest BCUT2D eigenvalue weighted by Gasteiger charge is -2.43. The Labute approximate surface area is 126 Å². The van der Waals surface area contributed by atoms with E-state index in [4.69, 9.17) is 0 Å². The van der Waals surface area contributed by atoms with Gasteiger partial charge in [-0.05, 0) is 37.8 Å². The van der Waals surface area contributed by atoms with E-state index < -0.39 is 11.6 Å². The first-order chi connectivity index (χ1) is 9.81. The van der Waals surface area contributed by atoms with Gasteiger partial charge in [0.1, 0.15) is 11.6 Å². The van der Waals surface area contributed by atoms with Crippen LogP contribution in [0, 0.1) is 0 Å². The number of carbonyl (C=O) groups is 2. The molecule has 4 nitrogen and oxygen atoms in total. The topological polar surface area (TPSA) is 49.4 Å². The summed E-state index contributed by atoms with van der Waals surface area (Å²) in [4.78, 5) is 26.9. The second kappa shape index (κ2) is 5.51. The van der Waals surface area contributed by atoms with Gasteiger partial charge in [-0.15, -0.1) is 0 Å². The molecule has 1 fully saturated rings. The fourth-order valence-corrected chi connectivity index (χ4v) is 2.74. The number of hydrogen-bond acceptors (Lipinski definition) is 2. The number of piperazine rings is 1. The highest BCUT2D eigenvalue weighted by Crippen LogP contribution is 2.33. The van der Waals surface area contributed by atoms with Crippen LogP contribution in [0.15, 0.2) is 24.3 Å². The van der Waals surface area contributed by atoms with E-state index in [2.05, 4.69) is 19.2 Å². The Morgan fingerprint density at radius 2 is 1.90 bits per heavy atom. The molecule has 2 unspecified atom stereocenters. The fourth-order valence-electron chi connectivity index (χ4n) is 2.74. The second-order valence-electron chi connectivity index (χ2n) is 6.24. The van der Waals surface area contributed by atoms with Crippen LogP contribution in [0.2, 0.25) is 0 Å². The third-order valence-corrected chi connectivity index (χ3v) is 4.38. The highest BCUT2D eigenvalue weighted by molar-refractivity contribution is 6.10. The number of carbonyl (C=O) groups excluding carboxylic acids is 2. The van der Waals surface area contributed by atoms with Crippen molar-refractivity contribution >= 4 is 17.5 Å². The first kappa shape index (κ1) is 15.5. The molecule has 2 atom stereocenters. The van der Waals surface area contributed by atoms with Gasteiger partial charge in [0.2, 0.25) is 5.91 Å². The van der Waals surface area contributed by atoms with Gasteiger partial charge in [-0.25, -0.2) is 0 Å². The molecule has 1 saturated heterocycles. The molecule has 0 spiro atoms. The van der Waals surface area contributed by atoms with Crippen molar-refractivity contribution in [2.24, 2.45) is 0 Å². The Balaban J connectivity index is 2.55. The molecule has 0 aromatic heterocycles. The van der Waals surface area contributed by atoms with E-state index in [9.17, 15) is 9.59 Å². The van der Waals surface area contributed by atoms with Crippen LogP contribution in [0.4, 0.5) is 5.69 Å². The number of anilines is 1. The number of para-hydroxylation sites is 1. The molecule has 0 saturated carbocycles. The summed E-state index contributed by atoms with van der Waals surface area (Å²) in [6.07, 6.45) is 0.574. The predicted molar refractivity (Wildman–Crippen MR) is 84.3 cm³/mol. The van der Waals surface area contributed by atoms with E-state index in [1.807, 2.05) is 31.2 Å². The number of rotatable bonds is 3. The van der Waals surface area contributed by atoms with Gasteiger partial charge in [0.05, 0.1) is 0 Å². The van der Waals surface area contributed by atoms with Crippen molar-refractivity contribution in [3.05, 3.63) is 29.8 Å². The highest BCUT2D eigenvalue weighted by Gasteiger charge is 2.46. The summed E-state index contributed by atoms with van der Waals surface area (Å²) < 4.78 is 0. The van der Waals surface area contributed by atoms with E-state index >= 15 is 0 Å². The molecule has 4 heteroatoms. The first-order valence-electron chi connectivity index (χ1n) is 7.56. The van der Waals surface area contributed by atoms with Crippen molar-refractivity contribution in [1.29, 1.82) is 0 Å². The fraction of sp³-hybridized carbons (Fsp3) is 0.529. The SMILES string of the molecule is CCC1(C)NC(=O)C(C)N(c2ccccc2C(C)C)C1=O. The Bertz CT molecular complexity index is 568. The zero-order valence-electron chi connectivity index (χ0n) is 13.4. The monoisotopic (exact) mass is 288 g/mol. The van der Waals surface area contributed by atoms with E-state index in [1.165, 1.54) is 0 Å². The molecule has 1 aliphatic rings. The summed E-state index contributed by atoms with van der Waals surface area (Å²) in [5.41, 5.74) is 1.11. The predicted octanol–water partition coefficient (Wildman–Crippen LogP) is 2.83. The van der Waals surface area contributed by atoms with Gasteiger partial charge >= 0.3 is 0 Å². The Morgan fingerprint density at radius 1 is 1.29 bits per heavy atom. The molecule has 1 heterocycles. The molecule has 2 rings (SSSR count). The number of hydrogen-bond donors (Lipinski definition) is 1. The summed E-state index contributed by atoms with van der Waals surface area (Å²) in [6.45, 7) is 9.68. The van der Waals surface area contributed by atoms with Crippen LogP contribution in [0.1, 0.15) is 52.5 Å². The average Bonchev–Trinajstić information content (AvgIpc) is 2.46. The van der Waals surface area contributed by atoms with Crippen molar-refractivity contribution in [1.82, 2.24) is 5.32 Å². The van der Waals surface area contributed by atoms with Crippen LogP contribution in [-0.4, -0.2) is 23.4 Å². The molecule has 1 N–H and O–H groups in total. The highest BCUT2D eigenvalue weighted by atomic mass is 16.2. The summed E-state index contributed by atoms with van der Waals surface area (Å²) in [7, 11) is 0. The van der Waals surface area contributed by atoms with E-state index in [1.54, 1.807) is 18.7 Å². The molecule has 2 amide bonds. The molecule has 1 aromatic rings. The zero-order chi connectivity index (χ0) is 15.8. The van der Waals surface area contributed by atoms with Crippen molar-refractivity contribution in [2.75, 3.05) is 4.90 Å². The maximum absolute atomic E-state index is 12.9. The van der Waals surface area contributed by atoms with Crippen molar-refractivity contribution in [3.63, 3.8) is 0 Å². The van der Waals surface area contributed by atoms with Gasteiger partial charge in [0, 0.05) is 5.69 Å². The zero-order valence-corrected chi connectivity index (χ0v) is 13.4. The van der Waals surface area contributed by atoms with E-state index in [0.717, 1.165) is 11.3 Å². The van der Waals surface area contributed by atoms with Crippen LogP contribution in [0.25, 0.3) is 0 Å². The van der Waals surface area contributed by atoms with Gasteiger partial charge in [-0.1, -0.05) is 39.0 Å². The molecule has 0 radical (unpaired) electrons. The maximum atomic E-state index is 12.9. The van der Waals surface area contributed by atoms with Gasteiger partial charge in [0.25, 0.3) is 5.91 Å². The molecule has 21 heavy (non-hydrogen) atoms. The Morgan fingerprint density at radius 3 is 2.48 bits per heavy atom. The maximum Gasteiger partial charge on any atom is 0.253 e. The Hall–Kier alpha value is -1.84. The summed E-state index contributed by atoms with van der Waals surface area (Å²) >= 11 is 0. The minimum atomic E-state index is -0.826. The van der Waals surface area contributed by atoms with Gasteiger partial charge in [0.15, 0.2) is 0 Å². The Kier molecular flexibility index (Phi) is 4.08. The first-order valence-corrected chi connectivity index (χ1v) is 7.56. The second-order valence-corrected chi connectivity index (χ2v) is 6.24. The van der Waals surface area contributed by atoms with Crippen LogP contribution in [0.3, 0.4) is 0 Å².